The highest BCUT2D eigenvalue weighted by atomic mass is 16.3. The number of pyridine rings is 1. The third-order valence-electron chi connectivity index (χ3n) is 3.75. The first-order valence-corrected chi connectivity index (χ1v) is 6.68. The molecular formula is C15H15N3O3. The zero-order chi connectivity index (χ0) is 15.1. The molecule has 3 rings (SSSR count). The Morgan fingerprint density at radius 3 is 2.57 bits per heavy atom. The summed E-state index contributed by atoms with van der Waals surface area (Å²) in [6, 6.07) is 3.89. The van der Waals surface area contributed by atoms with E-state index in [-0.39, 0.29) is 12.1 Å². The minimum atomic E-state index is -0.573. The van der Waals surface area contributed by atoms with E-state index in [0.717, 1.165) is 22.1 Å². The second-order valence-electron chi connectivity index (χ2n) is 5.15. The number of benzene rings is 1. The van der Waals surface area contributed by atoms with E-state index >= 15 is 0 Å². The van der Waals surface area contributed by atoms with Gasteiger partial charge in [-0.2, -0.15) is 0 Å². The fourth-order valence-electron chi connectivity index (χ4n) is 2.57. The third kappa shape index (κ3) is 2.13. The predicted octanol–water partition coefficient (Wildman–Crippen LogP) is 0.916. The molecule has 0 aliphatic rings. The van der Waals surface area contributed by atoms with Crippen molar-refractivity contribution in [2.75, 3.05) is 6.61 Å². The highest BCUT2D eigenvalue weighted by molar-refractivity contribution is 5.95. The highest BCUT2D eigenvalue weighted by Crippen LogP contribution is 2.25. The van der Waals surface area contributed by atoms with E-state index in [9.17, 15) is 14.7 Å². The molecule has 21 heavy (non-hydrogen) atoms. The number of rotatable bonds is 2. The number of nitrogens with one attached hydrogen (secondary N) is 2. The molecule has 0 aliphatic carbocycles. The summed E-state index contributed by atoms with van der Waals surface area (Å²) in [7, 11) is 0. The van der Waals surface area contributed by atoms with Gasteiger partial charge in [-0.25, -0.2) is 9.78 Å². The number of aliphatic hydroxyl groups is 1. The Bertz CT molecular complexity index is 970. The van der Waals surface area contributed by atoms with Gasteiger partial charge in [-0.05, 0) is 49.1 Å². The van der Waals surface area contributed by atoms with E-state index in [0.29, 0.717) is 17.5 Å². The molecular weight excluding hydrogens is 270 g/mol. The maximum Gasteiger partial charge on any atom is 0.326 e. The van der Waals surface area contributed by atoms with E-state index in [4.69, 9.17) is 0 Å². The van der Waals surface area contributed by atoms with Crippen LogP contribution in [0.3, 0.4) is 0 Å². The summed E-state index contributed by atoms with van der Waals surface area (Å²) in [5, 5.41) is 10.2. The SMILES string of the molecule is Cc1cc2nc3c(=O)[nH]c(=O)[nH]c3c(CCO)c2cc1C. The van der Waals surface area contributed by atoms with E-state index in [1.807, 2.05) is 26.0 Å². The number of fused-ring (bicyclic) bond motifs is 2. The van der Waals surface area contributed by atoms with Crippen molar-refractivity contribution in [3.63, 3.8) is 0 Å². The molecule has 3 aromatic rings. The van der Waals surface area contributed by atoms with Crippen LogP contribution >= 0.6 is 0 Å². The second kappa shape index (κ2) is 4.82. The van der Waals surface area contributed by atoms with E-state index in [1.165, 1.54) is 0 Å². The molecule has 0 saturated carbocycles. The zero-order valence-electron chi connectivity index (χ0n) is 11.8. The van der Waals surface area contributed by atoms with Gasteiger partial charge in [0.25, 0.3) is 5.56 Å². The van der Waals surface area contributed by atoms with Gasteiger partial charge in [0, 0.05) is 12.0 Å². The summed E-state index contributed by atoms with van der Waals surface area (Å²) in [6.45, 7) is 3.89. The molecule has 0 atom stereocenters. The van der Waals surface area contributed by atoms with Crippen LogP contribution in [0.4, 0.5) is 0 Å². The third-order valence-corrected chi connectivity index (χ3v) is 3.75. The lowest BCUT2D eigenvalue weighted by Gasteiger charge is -2.11. The minimum absolute atomic E-state index is 0.0734. The topological polar surface area (TPSA) is 98.8 Å². The molecule has 6 nitrogen and oxygen atoms in total. The Balaban J connectivity index is 2.59. The quantitative estimate of drug-likeness (QED) is 0.610. The van der Waals surface area contributed by atoms with E-state index in [1.54, 1.807) is 0 Å². The van der Waals surface area contributed by atoms with Gasteiger partial charge in [0.05, 0.1) is 11.0 Å². The Morgan fingerprint density at radius 1 is 1.14 bits per heavy atom. The number of hydrogen-bond acceptors (Lipinski definition) is 4. The molecule has 0 spiro atoms. The van der Waals surface area contributed by atoms with Gasteiger partial charge in [-0.15, -0.1) is 0 Å². The number of aromatic amines is 2. The molecule has 0 aliphatic heterocycles. The van der Waals surface area contributed by atoms with Crippen molar-refractivity contribution in [2.45, 2.75) is 20.3 Å². The van der Waals surface area contributed by atoms with Gasteiger partial charge in [0.1, 0.15) is 0 Å². The van der Waals surface area contributed by atoms with Gasteiger partial charge in [0.15, 0.2) is 5.52 Å². The lowest BCUT2D eigenvalue weighted by molar-refractivity contribution is 0.300. The fraction of sp³-hybridized carbons (Fsp3) is 0.267. The van der Waals surface area contributed by atoms with Crippen molar-refractivity contribution in [1.82, 2.24) is 15.0 Å². The van der Waals surface area contributed by atoms with Crippen LogP contribution in [0.2, 0.25) is 0 Å². The summed E-state index contributed by atoms with van der Waals surface area (Å²) >= 11 is 0. The molecule has 0 unspecified atom stereocenters. The average molecular weight is 285 g/mol. The highest BCUT2D eigenvalue weighted by Gasteiger charge is 2.13. The number of nitrogens with zero attached hydrogens (tertiary/aromatic N) is 1. The number of aliphatic hydroxyl groups excluding tert-OH is 1. The van der Waals surface area contributed by atoms with Gasteiger partial charge < -0.3 is 10.1 Å². The van der Waals surface area contributed by atoms with Crippen LogP contribution in [-0.2, 0) is 6.42 Å². The molecule has 0 bridgehead atoms. The maximum atomic E-state index is 12.0. The Hall–Kier alpha value is -2.47. The first-order chi connectivity index (χ1) is 10.0. The molecule has 2 aromatic heterocycles. The van der Waals surface area contributed by atoms with Gasteiger partial charge >= 0.3 is 5.69 Å². The smallest absolute Gasteiger partial charge is 0.326 e. The second-order valence-corrected chi connectivity index (χ2v) is 5.15. The normalized spacial score (nSPS) is 11.4. The maximum absolute atomic E-state index is 12.0. The molecule has 3 N–H and O–H groups in total. The number of aryl methyl sites for hydroxylation is 2. The largest absolute Gasteiger partial charge is 0.396 e. The number of H-pyrrole nitrogens is 2. The standard InChI is InChI=1S/C15H15N3O3/c1-7-5-10-9(3-4-19)12-13(14(20)18-15(21)17-12)16-11(10)6-8(7)2/h5-6,19H,3-4H2,1-2H3,(H2,17,18,20,21). The number of aromatic nitrogens is 3. The van der Waals surface area contributed by atoms with Gasteiger partial charge in [-0.3, -0.25) is 9.78 Å². The Labute approximate surface area is 119 Å². The Morgan fingerprint density at radius 2 is 1.86 bits per heavy atom. The van der Waals surface area contributed by atoms with Crippen LogP contribution < -0.4 is 11.2 Å². The first kappa shape index (κ1) is 13.5. The van der Waals surface area contributed by atoms with Crippen molar-refractivity contribution in [3.05, 3.63) is 49.7 Å². The lowest BCUT2D eigenvalue weighted by atomic mass is 9.99. The molecule has 0 saturated heterocycles. The average Bonchev–Trinajstić information content (AvgIpc) is 2.42. The summed E-state index contributed by atoms with van der Waals surface area (Å²) in [6.07, 6.45) is 0.345. The molecule has 1 aromatic carbocycles. The van der Waals surface area contributed by atoms with Crippen molar-refractivity contribution in [3.8, 4) is 0 Å². The van der Waals surface area contributed by atoms with Crippen LogP contribution in [-0.4, -0.2) is 26.7 Å². The van der Waals surface area contributed by atoms with Crippen molar-refractivity contribution < 1.29 is 5.11 Å². The Kier molecular flexibility index (Phi) is 3.10. The molecule has 0 radical (unpaired) electrons. The van der Waals surface area contributed by atoms with Crippen LogP contribution in [0.5, 0.6) is 0 Å². The lowest BCUT2D eigenvalue weighted by Crippen LogP contribution is -2.23. The zero-order valence-corrected chi connectivity index (χ0v) is 11.8. The van der Waals surface area contributed by atoms with Crippen LogP contribution in [0.25, 0.3) is 21.9 Å². The van der Waals surface area contributed by atoms with Gasteiger partial charge in [-0.1, -0.05) is 0 Å². The van der Waals surface area contributed by atoms with Crippen LogP contribution in [0.1, 0.15) is 16.7 Å². The molecule has 0 amide bonds. The molecule has 6 heteroatoms. The monoisotopic (exact) mass is 285 g/mol. The van der Waals surface area contributed by atoms with Crippen molar-refractivity contribution in [1.29, 1.82) is 0 Å². The fourth-order valence-corrected chi connectivity index (χ4v) is 2.57. The van der Waals surface area contributed by atoms with E-state index < -0.39 is 11.2 Å². The van der Waals surface area contributed by atoms with Crippen LogP contribution in [0, 0.1) is 13.8 Å². The molecule has 2 heterocycles. The predicted molar refractivity (Wildman–Crippen MR) is 80.8 cm³/mol. The van der Waals surface area contributed by atoms with Crippen molar-refractivity contribution in [2.24, 2.45) is 0 Å². The molecule has 108 valence electrons. The molecule has 0 fully saturated rings. The van der Waals surface area contributed by atoms with Gasteiger partial charge in [0.2, 0.25) is 0 Å². The summed E-state index contributed by atoms with van der Waals surface area (Å²) in [4.78, 5) is 32.6. The van der Waals surface area contributed by atoms with E-state index in [2.05, 4.69) is 15.0 Å². The van der Waals surface area contributed by atoms with Crippen molar-refractivity contribution >= 4 is 21.9 Å². The minimum Gasteiger partial charge on any atom is -0.396 e. The summed E-state index contributed by atoms with van der Waals surface area (Å²) in [5.41, 5.74) is 3.09. The first-order valence-electron chi connectivity index (χ1n) is 6.68. The summed E-state index contributed by atoms with van der Waals surface area (Å²) < 4.78 is 0. The summed E-state index contributed by atoms with van der Waals surface area (Å²) in [5.74, 6) is 0. The number of hydrogen-bond donors (Lipinski definition) is 3. The van der Waals surface area contributed by atoms with Crippen LogP contribution in [0.15, 0.2) is 21.7 Å².